The molecule has 0 amide bonds. The molecule has 5 N–H and O–H groups in total. The average Bonchev–Trinajstić information content (AvgIpc) is 2.07. The number of nitrogens with one attached hydrogen (secondary N) is 2. The van der Waals surface area contributed by atoms with Crippen LogP contribution >= 0.6 is 55.8 Å². The minimum atomic E-state index is -4.64. The summed E-state index contributed by atoms with van der Waals surface area (Å²) >= 11 is 9.80. The molecule has 1 rings (SSSR count). The van der Waals surface area contributed by atoms with E-state index >= 15 is 0 Å². The first-order valence-electron chi connectivity index (χ1n) is 3.59. The van der Waals surface area contributed by atoms with E-state index in [2.05, 4.69) is 57.9 Å². The summed E-state index contributed by atoms with van der Waals surface area (Å²) in [6.45, 7) is 0. The van der Waals surface area contributed by atoms with E-state index in [0.29, 0.717) is 0 Å². The van der Waals surface area contributed by atoms with Crippen LogP contribution in [0.2, 0.25) is 0 Å². The van der Waals surface area contributed by atoms with Crippen LogP contribution in [-0.2, 0) is 4.57 Å². The fraction of sp³-hybridized carbons (Fsp3) is 0. The molecule has 1 aromatic rings. The van der Waals surface area contributed by atoms with Crippen molar-refractivity contribution in [3.63, 3.8) is 0 Å². The van der Waals surface area contributed by atoms with Crippen molar-refractivity contribution in [2.75, 3.05) is 5.43 Å². The second-order valence-electron chi connectivity index (χ2n) is 2.36. The second-order valence-corrected chi connectivity index (χ2v) is 5.55. The molecule has 92 valence electrons. The van der Waals surface area contributed by atoms with E-state index in [1.807, 2.05) is 18.2 Å². The fourth-order valence-electron chi connectivity index (χ4n) is 0.642. The summed E-state index contributed by atoms with van der Waals surface area (Å²) in [7, 11) is -4.64. The Bertz CT molecular complexity index is 378. The van der Waals surface area contributed by atoms with Crippen LogP contribution in [0.3, 0.4) is 0 Å². The van der Waals surface area contributed by atoms with Crippen LogP contribution in [0.15, 0.2) is 27.1 Å². The molecule has 16 heavy (non-hydrogen) atoms. The second kappa shape index (κ2) is 7.78. The highest BCUT2D eigenvalue weighted by molar-refractivity contribution is 9.11. The molecule has 10 heteroatoms. The van der Waals surface area contributed by atoms with Crippen molar-refractivity contribution in [1.82, 2.24) is 4.45 Å². The summed E-state index contributed by atoms with van der Waals surface area (Å²) < 4.78 is 13.6. The van der Waals surface area contributed by atoms with Gasteiger partial charge in [0.25, 0.3) is 0 Å². The molecule has 0 heterocycles. The van der Waals surface area contributed by atoms with Crippen molar-refractivity contribution in [1.29, 1.82) is 0 Å². The smallest absolute Gasteiger partial charge is 0.310 e. The zero-order valence-corrected chi connectivity index (χ0v) is 13.2. The predicted octanol–water partition coefficient (Wildman–Crippen LogP) is 2.51. The van der Waals surface area contributed by atoms with Crippen LogP contribution in [0.5, 0.6) is 0 Å². The van der Waals surface area contributed by atoms with E-state index in [1.54, 1.807) is 0 Å². The number of hydrogen-bond acceptors (Lipinski definition) is 3. The number of benzene rings is 1. The molecule has 6 nitrogen and oxygen atoms in total. The van der Waals surface area contributed by atoms with E-state index in [9.17, 15) is 0 Å². The van der Waals surface area contributed by atoms with Gasteiger partial charge in [-0.25, -0.2) is 4.57 Å². The molecule has 0 fully saturated rings. The van der Waals surface area contributed by atoms with E-state index in [1.165, 1.54) is 0 Å². The fourth-order valence-corrected chi connectivity index (χ4v) is 2.00. The molecule has 0 unspecified atom stereocenters. The lowest BCUT2D eigenvalue weighted by atomic mass is 10.3. The maximum Gasteiger partial charge on any atom is 0.466 e. The minimum absolute atomic E-state index is 0.977. The lowest BCUT2D eigenvalue weighted by Gasteiger charge is -2.04. The highest BCUT2D eigenvalue weighted by Crippen LogP contribution is 2.26. The summed E-state index contributed by atoms with van der Waals surface area (Å²) in [5, 5.41) is 0. The Morgan fingerprint density at radius 2 is 1.69 bits per heavy atom. The molecule has 0 radical (unpaired) electrons. The summed E-state index contributed by atoms with van der Waals surface area (Å²) in [4.78, 5) is 21.6. The van der Waals surface area contributed by atoms with Crippen molar-refractivity contribution >= 4 is 61.5 Å². The molecular weight excluding hydrogens is 435 g/mol. The third-order valence-electron chi connectivity index (χ3n) is 1.11. The van der Waals surface area contributed by atoms with Crippen LogP contribution in [-0.4, -0.2) is 14.7 Å². The molecule has 0 aliphatic heterocycles. The van der Waals surface area contributed by atoms with Crippen molar-refractivity contribution in [2.45, 2.75) is 0 Å². The number of hydrazine groups is 1. The van der Waals surface area contributed by atoms with Gasteiger partial charge in [0.2, 0.25) is 0 Å². The Morgan fingerprint density at radius 1 is 1.19 bits per heavy atom. The van der Waals surface area contributed by atoms with Crippen LogP contribution in [0, 0.1) is 0 Å². The quantitative estimate of drug-likeness (QED) is 0.274. The maximum absolute atomic E-state index is 8.88. The number of rotatable bonds is 2. The van der Waals surface area contributed by atoms with Gasteiger partial charge in [-0.2, -0.15) is 4.45 Å². The number of hydrogen-bond donors (Lipinski definition) is 5. The third kappa shape index (κ3) is 9.73. The molecule has 1 aromatic carbocycles. The van der Waals surface area contributed by atoms with Gasteiger partial charge in [-0.3, -0.25) is 0 Å². The largest absolute Gasteiger partial charge is 0.466 e. The summed E-state index contributed by atoms with van der Waals surface area (Å²) in [6.07, 6.45) is 0. The Balaban J connectivity index is 0.000000385. The van der Waals surface area contributed by atoms with E-state index < -0.39 is 7.82 Å². The molecule has 0 aliphatic rings. The van der Waals surface area contributed by atoms with Crippen LogP contribution in [0.25, 0.3) is 0 Å². The number of phosphoric acid groups is 1. The first kappa shape index (κ1) is 16.5. The normalized spacial score (nSPS) is 10.4. The Hall–Kier alpha value is 0.530. The standard InChI is InChI=1S/C6H5Br3N2.H3O4P/c7-4-1-2-6(10-11-9)5(8)3-4;1-5(2,3)4/h1-3,10-11H;(H3,1,2,3,4). The SMILES string of the molecule is BrNNc1ccc(Br)cc1Br.O=P(O)(O)O. The number of anilines is 1. The van der Waals surface area contributed by atoms with Crippen LogP contribution in [0.1, 0.15) is 0 Å². The molecule has 0 saturated carbocycles. The van der Waals surface area contributed by atoms with Gasteiger partial charge in [-0.15, -0.1) is 0 Å². The lowest BCUT2D eigenvalue weighted by Crippen LogP contribution is -2.07. The highest BCUT2D eigenvalue weighted by atomic mass is 79.9. The van der Waals surface area contributed by atoms with Gasteiger partial charge in [0.1, 0.15) is 0 Å². The van der Waals surface area contributed by atoms with Crippen molar-refractivity contribution in [3.8, 4) is 0 Å². The Labute approximate surface area is 117 Å². The molecule has 0 bridgehead atoms. The van der Waals surface area contributed by atoms with Gasteiger partial charge in [0.05, 0.1) is 5.69 Å². The van der Waals surface area contributed by atoms with Crippen molar-refractivity contribution in [2.24, 2.45) is 0 Å². The molecule has 0 aliphatic carbocycles. The zero-order chi connectivity index (χ0) is 12.8. The van der Waals surface area contributed by atoms with Gasteiger partial charge in [-0.1, -0.05) is 15.9 Å². The van der Waals surface area contributed by atoms with Gasteiger partial charge in [0, 0.05) is 25.1 Å². The van der Waals surface area contributed by atoms with Gasteiger partial charge < -0.3 is 20.1 Å². The van der Waals surface area contributed by atoms with Gasteiger partial charge >= 0.3 is 7.82 Å². The third-order valence-corrected chi connectivity index (χ3v) is 2.46. The van der Waals surface area contributed by atoms with Crippen LogP contribution < -0.4 is 9.88 Å². The predicted molar refractivity (Wildman–Crippen MR) is 71.8 cm³/mol. The average molecular weight is 443 g/mol. The Morgan fingerprint density at radius 3 is 2.06 bits per heavy atom. The molecular formula is C6H8Br3N2O4P. The molecule has 0 aromatic heterocycles. The Kier molecular flexibility index (Phi) is 8.04. The molecule has 0 spiro atoms. The highest BCUT2D eigenvalue weighted by Gasteiger charge is 2.00. The minimum Gasteiger partial charge on any atom is -0.310 e. The van der Waals surface area contributed by atoms with E-state index in [4.69, 9.17) is 19.2 Å². The molecule has 0 saturated heterocycles. The van der Waals surface area contributed by atoms with Crippen molar-refractivity contribution < 1.29 is 19.2 Å². The summed E-state index contributed by atoms with van der Waals surface area (Å²) in [5.41, 5.74) is 3.88. The zero-order valence-electron chi connectivity index (χ0n) is 7.56. The van der Waals surface area contributed by atoms with E-state index in [-0.39, 0.29) is 0 Å². The van der Waals surface area contributed by atoms with Gasteiger partial charge in [-0.05, 0) is 34.1 Å². The monoisotopic (exact) mass is 440 g/mol. The first-order valence-corrected chi connectivity index (χ1v) is 7.53. The summed E-state index contributed by atoms with van der Waals surface area (Å²) in [5.74, 6) is 0. The molecule has 0 atom stereocenters. The van der Waals surface area contributed by atoms with E-state index in [0.717, 1.165) is 14.6 Å². The first-order chi connectivity index (χ1) is 7.24. The lowest BCUT2D eigenvalue weighted by molar-refractivity contribution is 0.275. The van der Waals surface area contributed by atoms with Gasteiger partial charge in [0.15, 0.2) is 0 Å². The number of halogens is 3. The van der Waals surface area contributed by atoms with Crippen LogP contribution in [0.4, 0.5) is 5.69 Å². The maximum atomic E-state index is 8.88. The topological polar surface area (TPSA) is 102 Å². The summed E-state index contributed by atoms with van der Waals surface area (Å²) in [6, 6.07) is 5.87. The van der Waals surface area contributed by atoms with Crippen molar-refractivity contribution in [3.05, 3.63) is 27.1 Å².